The largest absolute Gasteiger partial charge is 0.364 e. The van der Waals surface area contributed by atoms with Crippen molar-refractivity contribution in [2.45, 2.75) is 0 Å². The third kappa shape index (κ3) is 2.64. The Kier molecular flexibility index (Phi) is 3.78. The molecule has 0 aliphatic heterocycles. The number of imidazole rings is 1. The normalized spacial score (nSPS) is 11.0. The Morgan fingerprint density at radius 1 is 1.04 bits per heavy atom. The van der Waals surface area contributed by atoms with E-state index < -0.39 is 11.6 Å². The summed E-state index contributed by atoms with van der Waals surface area (Å²) in [5.41, 5.74) is 6.68. The topological polar surface area (TPSA) is 107 Å². The van der Waals surface area contributed by atoms with Gasteiger partial charge in [0.05, 0.1) is 5.69 Å². The van der Waals surface area contributed by atoms with E-state index in [2.05, 4.69) is 15.0 Å². The van der Waals surface area contributed by atoms with Crippen LogP contribution in [0.3, 0.4) is 0 Å². The average Bonchev–Trinajstić information content (AvgIpc) is 2.98. The van der Waals surface area contributed by atoms with E-state index >= 15 is 0 Å². The number of rotatable bonds is 3. The summed E-state index contributed by atoms with van der Waals surface area (Å²) in [6.45, 7) is 0. The Morgan fingerprint density at radius 2 is 1.73 bits per heavy atom. The quantitative estimate of drug-likeness (QED) is 0.581. The van der Waals surface area contributed by atoms with Crippen molar-refractivity contribution < 1.29 is 4.79 Å². The Hall–Kier alpha value is -3.45. The van der Waals surface area contributed by atoms with Gasteiger partial charge in [0.25, 0.3) is 5.91 Å². The van der Waals surface area contributed by atoms with Crippen LogP contribution >= 0.6 is 11.6 Å². The van der Waals surface area contributed by atoms with E-state index in [4.69, 9.17) is 17.3 Å². The second kappa shape index (κ2) is 6.12. The number of nitrogens with two attached hydrogens (primary N) is 1. The molecule has 0 fully saturated rings. The molecule has 3 N–H and O–H groups in total. The van der Waals surface area contributed by atoms with Gasteiger partial charge in [-0.05, 0) is 24.3 Å². The van der Waals surface area contributed by atoms with Crippen molar-refractivity contribution >= 4 is 28.7 Å². The van der Waals surface area contributed by atoms with Gasteiger partial charge < -0.3 is 10.7 Å². The first-order valence-corrected chi connectivity index (χ1v) is 8.06. The molecule has 2 heterocycles. The Bertz CT molecular complexity index is 1180. The number of nitrogens with one attached hydrogen (secondary N) is 1. The van der Waals surface area contributed by atoms with Gasteiger partial charge in [-0.1, -0.05) is 41.9 Å². The first-order valence-electron chi connectivity index (χ1n) is 7.68. The van der Waals surface area contributed by atoms with Crippen molar-refractivity contribution in [1.29, 1.82) is 0 Å². The van der Waals surface area contributed by atoms with Gasteiger partial charge in [0, 0.05) is 10.6 Å². The maximum Gasteiger partial charge on any atom is 0.332 e. The molecule has 2 aromatic carbocycles. The van der Waals surface area contributed by atoms with E-state index in [1.165, 1.54) is 4.57 Å². The number of benzene rings is 2. The molecule has 26 heavy (non-hydrogen) atoms. The lowest BCUT2D eigenvalue weighted by molar-refractivity contribution is 0.0997. The van der Waals surface area contributed by atoms with Gasteiger partial charge in [0.15, 0.2) is 17.2 Å². The predicted molar refractivity (Wildman–Crippen MR) is 98.4 cm³/mol. The minimum Gasteiger partial charge on any atom is -0.364 e. The summed E-state index contributed by atoms with van der Waals surface area (Å²) in [7, 11) is 0. The van der Waals surface area contributed by atoms with Crippen LogP contribution in [0.4, 0.5) is 0 Å². The highest BCUT2D eigenvalue weighted by Gasteiger charge is 2.20. The zero-order valence-corrected chi connectivity index (χ0v) is 14.1. The number of aromatic amines is 1. The third-order valence-electron chi connectivity index (χ3n) is 3.89. The maximum absolute atomic E-state index is 12.5. The molecule has 0 unspecified atom stereocenters. The van der Waals surface area contributed by atoms with Crippen molar-refractivity contribution in [3.8, 4) is 17.1 Å². The van der Waals surface area contributed by atoms with Crippen LogP contribution in [0, 0.1) is 0 Å². The minimum atomic E-state index is -0.751. The first-order chi connectivity index (χ1) is 12.5. The highest BCUT2D eigenvalue weighted by atomic mass is 35.5. The van der Waals surface area contributed by atoms with Crippen molar-refractivity contribution in [3.63, 3.8) is 0 Å². The molecule has 0 saturated carbocycles. The highest BCUT2D eigenvalue weighted by molar-refractivity contribution is 6.30. The van der Waals surface area contributed by atoms with Crippen LogP contribution in [-0.2, 0) is 0 Å². The number of nitrogens with zero attached hydrogens (tertiary/aromatic N) is 3. The molecule has 0 radical (unpaired) electrons. The minimum absolute atomic E-state index is 0.0429. The van der Waals surface area contributed by atoms with Crippen LogP contribution in [0.25, 0.3) is 28.2 Å². The van der Waals surface area contributed by atoms with E-state index in [-0.39, 0.29) is 16.9 Å². The smallest absolute Gasteiger partial charge is 0.332 e. The fourth-order valence-electron chi connectivity index (χ4n) is 2.71. The lowest BCUT2D eigenvalue weighted by atomic mass is 10.2. The third-order valence-corrected chi connectivity index (χ3v) is 4.14. The molecular weight excluding hydrogens is 354 g/mol. The van der Waals surface area contributed by atoms with Crippen LogP contribution in [0.2, 0.25) is 5.02 Å². The number of H-pyrrole nitrogens is 1. The second-order valence-electron chi connectivity index (χ2n) is 5.57. The van der Waals surface area contributed by atoms with Crippen molar-refractivity contribution in [2.24, 2.45) is 5.73 Å². The van der Waals surface area contributed by atoms with Gasteiger partial charge in [-0.15, -0.1) is 0 Å². The molecule has 0 saturated heterocycles. The maximum atomic E-state index is 12.5. The molecule has 4 aromatic rings. The monoisotopic (exact) mass is 365 g/mol. The number of primary amides is 1. The van der Waals surface area contributed by atoms with E-state index in [0.717, 1.165) is 0 Å². The summed E-state index contributed by atoms with van der Waals surface area (Å²) in [5.74, 6) is -0.451. The van der Waals surface area contributed by atoms with E-state index in [0.29, 0.717) is 22.1 Å². The summed E-state index contributed by atoms with van der Waals surface area (Å²) in [6, 6.07) is 15.8. The number of carbonyl (C=O) groups is 1. The molecule has 1 amide bonds. The van der Waals surface area contributed by atoms with Gasteiger partial charge in [-0.25, -0.2) is 19.3 Å². The molecular formula is C18H12ClN5O2. The van der Waals surface area contributed by atoms with Crippen molar-refractivity contribution in [1.82, 2.24) is 19.5 Å². The molecule has 0 atom stereocenters. The Labute approximate surface area is 152 Å². The lowest BCUT2D eigenvalue weighted by Crippen LogP contribution is -2.15. The summed E-state index contributed by atoms with van der Waals surface area (Å²) >= 11 is 5.92. The first kappa shape index (κ1) is 16.0. The molecule has 128 valence electrons. The molecule has 7 nitrogen and oxygen atoms in total. The van der Waals surface area contributed by atoms with Gasteiger partial charge in [-0.2, -0.15) is 0 Å². The van der Waals surface area contributed by atoms with Gasteiger partial charge >= 0.3 is 5.69 Å². The second-order valence-corrected chi connectivity index (χ2v) is 6.00. The fourth-order valence-corrected chi connectivity index (χ4v) is 2.84. The highest BCUT2D eigenvalue weighted by Crippen LogP contribution is 2.22. The molecule has 0 bridgehead atoms. The summed E-state index contributed by atoms with van der Waals surface area (Å²) in [6.07, 6.45) is 0. The van der Waals surface area contributed by atoms with E-state index in [1.807, 2.05) is 30.3 Å². The molecule has 0 spiro atoms. The number of aromatic nitrogens is 4. The predicted octanol–water partition coefficient (Wildman–Crippen LogP) is 2.53. The van der Waals surface area contributed by atoms with Crippen molar-refractivity contribution in [3.05, 3.63) is 75.8 Å². The zero-order valence-electron chi connectivity index (χ0n) is 13.3. The van der Waals surface area contributed by atoms with Crippen LogP contribution in [0.5, 0.6) is 0 Å². The number of hydrogen-bond acceptors (Lipinski definition) is 4. The fraction of sp³-hybridized carbons (Fsp3) is 0. The molecule has 0 aliphatic rings. The molecule has 2 aromatic heterocycles. The van der Waals surface area contributed by atoms with E-state index in [1.54, 1.807) is 24.3 Å². The van der Waals surface area contributed by atoms with Crippen molar-refractivity contribution in [2.75, 3.05) is 0 Å². The van der Waals surface area contributed by atoms with Crippen LogP contribution < -0.4 is 11.4 Å². The number of halogens is 1. The van der Waals surface area contributed by atoms with Gasteiger partial charge in [0.2, 0.25) is 0 Å². The van der Waals surface area contributed by atoms with E-state index in [9.17, 15) is 9.59 Å². The Morgan fingerprint density at radius 3 is 2.38 bits per heavy atom. The van der Waals surface area contributed by atoms with Crippen LogP contribution in [-0.4, -0.2) is 25.4 Å². The van der Waals surface area contributed by atoms with Crippen LogP contribution in [0.15, 0.2) is 59.4 Å². The van der Waals surface area contributed by atoms with Gasteiger partial charge in [0.1, 0.15) is 5.52 Å². The standard InChI is InChI=1S/C18H12ClN5O2/c19-11-6-8-12(9-7-11)24-17-14(22-18(24)26)13(15(20)25)21-16(23-17)10-4-2-1-3-5-10/h1-9H,(H2,20,25)(H,22,26). The number of hydrogen-bond donors (Lipinski definition) is 2. The number of carbonyl (C=O) groups excluding carboxylic acids is 1. The Balaban J connectivity index is 2.06. The van der Waals surface area contributed by atoms with Crippen LogP contribution in [0.1, 0.15) is 10.5 Å². The lowest BCUT2D eigenvalue weighted by Gasteiger charge is -2.06. The molecule has 4 rings (SSSR count). The number of amides is 1. The molecule has 0 aliphatic carbocycles. The summed E-state index contributed by atoms with van der Waals surface area (Å²) in [5, 5.41) is 0.541. The average molecular weight is 366 g/mol. The zero-order chi connectivity index (χ0) is 18.3. The number of fused-ring (bicyclic) bond motifs is 1. The van der Waals surface area contributed by atoms with Gasteiger partial charge in [-0.3, -0.25) is 4.79 Å². The summed E-state index contributed by atoms with van der Waals surface area (Å²) < 4.78 is 1.35. The molecule has 8 heteroatoms. The SMILES string of the molecule is NC(=O)c1nc(-c2ccccc2)nc2c1[nH]c(=O)n2-c1ccc(Cl)cc1. The summed E-state index contributed by atoms with van der Waals surface area (Å²) in [4.78, 5) is 35.7.